The first-order chi connectivity index (χ1) is 14.0. The highest BCUT2D eigenvalue weighted by Crippen LogP contribution is 2.37. The van der Waals surface area contributed by atoms with Crippen LogP contribution in [0.5, 0.6) is 0 Å². The summed E-state index contributed by atoms with van der Waals surface area (Å²) in [6.45, 7) is 2.41. The van der Waals surface area contributed by atoms with Gasteiger partial charge in [-0.2, -0.15) is 5.10 Å². The molecule has 0 bridgehead atoms. The van der Waals surface area contributed by atoms with Crippen molar-refractivity contribution in [2.45, 2.75) is 18.9 Å². The molecule has 29 heavy (non-hydrogen) atoms. The molecule has 4 rings (SSSR count). The normalized spacial score (nSPS) is 25.0. The van der Waals surface area contributed by atoms with Crippen molar-refractivity contribution >= 4 is 34.6 Å². The van der Waals surface area contributed by atoms with E-state index in [1.54, 1.807) is 29.3 Å². The molecule has 1 amide bonds. The second-order valence-corrected chi connectivity index (χ2v) is 7.67. The Morgan fingerprint density at radius 1 is 1.34 bits per heavy atom. The second kappa shape index (κ2) is 8.52. The standard InChI is InChI=1S/C20H23ClFN5O2/c21-16-11-15(23)5-6-18(16)27-19(13-1-3-14(22)4-2-13)12-17(24-27)20(28)25-26-7-9-29-10-8-26/h1,3-6,11,13,19H,2,7-10,12,23H2,(H,25,28). The summed E-state index contributed by atoms with van der Waals surface area (Å²) in [5.41, 5.74) is 10.4. The van der Waals surface area contributed by atoms with Gasteiger partial charge in [0.2, 0.25) is 0 Å². The molecule has 2 heterocycles. The van der Waals surface area contributed by atoms with Crippen LogP contribution in [0, 0.1) is 5.92 Å². The van der Waals surface area contributed by atoms with E-state index in [1.807, 2.05) is 11.1 Å². The van der Waals surface area contributed by atoms with Gasteiger partial charge in [0.05, 0.1) is 30.0 Å². The fraction of sp³-hybridized carbons (Fsp3) is 0.400. The van der Waals surface area contributed by atoms with Crippen molar-refractivity contribution in [3.8, 4) is 0 Å². The van der Waals surface area contributed by atoms with Gasteiger partial charge in [0, 0.05) is 31.1 Å². The second-order valence-electron chi connectivity index (χ2n) is 7.26. The predicted molar refractivity (Wildman–Crippen MR) is 111 cm³/mol. The number of hydrazine groups is 1. The molecule has 0 radical (unpaired) electrons. The molecule has 1 fully saturated rings. The highest BCUT2D eigenvalue weighted by molar-refractivity contribution is 6.40. The molecule has 7 nitrogen and oxygen atoms in total. The van der Waals surface area contributed by atoms with Crippen molar-refractivity contribution in [2.24, 2.45) is 11.0 Å². The van der Waals surface area contributed by atoms with E-state index < -0.39 is 0 Å². The number of hydrazone groups is 1. The monoisotopic (exact) mass is 419 g/mol. The number of nitrogens with one attached hydrogen (secondary N) is 1. The van der Waals surface area contributed by atoms with Gasteiger partial charge < -0.3 is 10.5 Å². The molecule has 2 atom stereocenters. The van der Waals surface area contributed by atoms with E-state index in [4.69, 9.17) is 22.1 Å². The molecule has 0 saturated carbocycles. The average Bonchev–Trinajstić information content (AvgIpc) is 3.14. The van der Waals surface area contributed by atoms with Crippen molar-refractivity contribution in [3.63, 3.8) is 0 Å². The van der Waals surface area contributed by atoms with Crippen LogP contribution in [-0.2, 0) is 9.53 Å². The smallest absolute Gasteiger partial charge is 0.281 e. The molecule has 154 valence electrons. The maximum atomic E-state index is 13.5. The zero-order chi connectivity index (χ0) is 20.4. The summed E-state index contributed by atoms with van der Waals surface area (Å²) in [6.07, 6.45) is 5.81. The molecule has 0 spiro atoms. The van der Waals surface area contributed by atoms with E-state index in [2.05, 4.69) is 10.5 Å². The number of halogens is 2. The molecule has 2 unspecified atom stereocenters. The van der Waals surface area contributed by atoms with E-state index in [9.17, 15) is 9.18 Å². The lowest BCUT2D eigenvalue weighted by molar-refractivity contribution is -0.121. The number of nitrogens with zero attached hydrogens (tertiary/aromatic N) is 3. The minimum atomic E-state index is -0.248. The fourth-order valence-corrected chi connectivity index (χ4v) is 4.00. The topological polar surface area (TPSA) is 83.2 Å². The maximum Gasteiger partial charge on any atom is 0.281 e. The molecule has 3 aliphatic rings. The summed E-state index contributed by atoms with van der Waals surface area (Å²) in [5, 5.41) is 8.65. The maximum absolute atomic E-state index is 13.5. The summed E-state index contributed by atoms with van der Waals surface area (Å²) < 4.78 is 18.8. The Hall–Kier alpha value is -2.42. The molecule has 1 aromatic carbocycles. The third kappa shape index (κ3) is 4.44. The molecular weight excluding hydrogens is 397 g/mol. The molecule has 0 aromatic heterocycles. The minimum Gasteiger partial charge on any atom is -0.399 e. The van der Waals surface area contributed by atoms with E-state index in [1.165, 1.54) is 6.08 Å². The van der Waals surface area contributed by atoms with Crippen LogP contribution in [0.2, 0.25) is 5.02 Å². The van der Waals surface area contributed by atoms with Crippen LogP contribution in [0.25, 0.3) is 0 Å². The third-order valence-electron chi connectivity index (χ3n) is 5.28. The lowest BCUT2D eigenvalue weighted by atomic mass is 9.89. The van der Waals surface area contributed by atoms with Crippen LogP contribution in [0.15, 0.2) is 47.4 Å². The summed E-state index contributed by atoms with van der Waals surface area (Å²) in [4.78, 5) is 12.8. The zero-order valence-corrected chi connectivity index (χ0v) is 16.6. The van der Waals surface area contributed by atoms with Crippen LogP contribution < -0.4 is 16.2 Å². The number of nitrogens with two attached hydrogens (primary N) is 1. The van der Waals surface area contributed by atoms with Crippen LogP contribution in [0.4, 0.5) is 15.8 Å². The highest BCUT2D eigenvalue weighted by atomic mass is 35.5. The van der Waals surface area contributed by atoms with Gasteiger partial charge in [0.25, 0.3) is 5.91 Å². The van der Waals surface area contributed by atoms with Crippen molar-refractivity contribution < 1.29 is 13.9 Å². The quantitative estimate of drug-likeness (QED) is 0.733. The number of nitrogen functional groups attached to an aromatic ring is 1. The van der Waals surface area contributed by atoms with E-state index in [0.717, 1.165) is 0 Å². The Morgan fingerprint density at radius 2 is 2.14 bits per heavy atom. The van der Waals surface area contributed by atoms with Crippen LogP contribution in [0.3, 0.4) is 0 Å². The number of carbonyl (C=O) groups excluding carboxylic acids is 1. The fourth-order valence-electron chi connectivity index (χ4n) is 3.72. The van der Waals surface area contributed by atoms with Gasteiger partial charge in [0.15, 0.2) is 0 Å². The molecule has 1 aliphatic carbocycles. The van der Waals surface area contributed by atoms with E-state index in [0.29, 0.717) is 61.3 Å². The van der Waals surface area contributed by atoms with Gasteiger partial charge in [-0.15, -0.1) is 0 Å². The predicted octanol–water partition coefficient (Wildman–Crippen LogP) is 2.65. The summed E-state index contributed by atoms with van der Waals surface area (Å²) in [6, 6.07) is 5.05. The first-order valence-corrected chi connectivity index (χ1v) is 9.98. The number of hydrogen-bond acceptors (Lipinski definition) is 6. The highest BCUT2D eigenvalue weighted by Gasteiger charge is 2.37. The summed E-state index contributed by atoms with van der Waals surface area (Å²) in [5.74, 6) is -0.490. The minimum absolute atomic E-state index is 0.000515. The van der Waals surface area contributed by atoms with Gasteiger partial charge in [-0.05, 0) is 36.8 Å². The SMILES string of the molecule is Nc1ccc(N2N=C(C(=O)NN3CCOCC3)CC2C2C=CC(F)=CC2)c(Cl)c1. The Balaban J connectivity index is 1.58. The molecule has 1 saturated heterocycles. The zero-order valence-electron chi connectivity index (χ0n) is 15.9. The van der Waals surface area contributed by atoms with Crippen LogP contribution in [-0.4, -0.2) is 49.0 Å². The number of amides is 1. The van der Waals surface area contributed by atoms with Gasteiger partial charge in [-0.3, -0.25) is 15.2 Å². The van der Waals surface area contributed by atoms with Gasteiger partial charge in [-0.1, -0.05) is 17.7 Å². The third-order valence-corrected chi connectivity index (χ3v) is 5.58. The number of rotatable bonds is 4. The van der Waals surface area contributed by atoms with Gasteiger partial charge >= 0.3 is 0 Å². The van der Waals surface area contributed by atoms with Gasteiger partial charge in [0.1, 0.15) is 11.5 Å². The number of benzene rings is 1. The molecule has 9 heteroatoms. The number of anilines is 2. The lowest BCUT2D eigenvalue weighted by Crippen LogP contribution is -2.50. The lowest BCUT2D eigenvalue weighted by Gasteiger charge is -2.30. The Morgan fingerprint density at radius 3 is 2.83 bits per heavy atom. The summed E-state index contributed by atoms with van der Waals surface area (Å²) >= 11 is 6.42. The van der Waals surface area contributed by atoms with Crippen LogP contribution in [0.1, 0.15) is 12.8 Å². The van der Waals surface area contributed by atoms with Crippen molar-refractivity contribution in [2.75, 3.05) is 37.0 Å². The van der Waals surface area contributed by atoms with Crippen molar-refractivity contribution in [1.82, 2.24) is 10.4 Å². The average molecular weight is 420 g/mol. The Labute approximate surface area is 173 Å². The largest absolute Gasteiger partial charge is 0.399 e. The number of morpholine rings is 1. The van der Waals surface area contributed by atoms with E-state index in [-0.39, 0.29) is 23.7 Å². The van der Waals surface area contributed by atoms with Gasteiger partial charge in [-0.25, -0.2) is 9.40 Å². The van der Waals surface area contributed by atoms with Crippen molar-refractivity contribution in [1.29, 1.82) is 0 Å². The first kappa shape index (κ1) is 19.9. The molecule has 2 aliphatic heterocycles. The molecule has 3 N–H and O–H groups in total. The summed E-state index contributed by atoms with van der Waals surface area (Å²) in [7, 11) is 0. The first-order valence-electron chi connectivity index (χ1n) is 9.60. The Bertz CT molecular complexity index is 882. The number of carbonyl (C=O) groups is 1. The van der Waals surface area contributed by atoms with E-state index >= 15 is 0 Å². The Kier molecular flexibility index (Phi) is 5.84. The molecule has 1 aromatic rings. The molecular formula is C20H23ClFN5O2. The number of allylic oxidation sites excluding steroid dienone is 3. The van der Waals surface area contributed by atoms with Crippen molar-refractivity contribution in [3.05, 3.63) is 47.3 Å². The number of ether oxygens (including phenoxy) is 1. The number of hydrogen-bond donors (Lipinski definition) is 2. The van der Waals surface area contributed by atoms with Crippen LogP contribution >= 0.6 is 11.6 Å².